The van der Waals surface area contributed by atoms with Gasteiger partial charge in [-0.15, -0.1) is 16.4 Å². The third kappa shape index (κ3) is 3.81. The highest BCUT2D eigenvalue weighted by atomic mass is 32.1. The van der Waals surface area contributed by atoms with Crippen LogP contribution in [0.25, 0.3) is 21.6 Å². The summed E-state index contributed by atoms with van der Waals surface area (Å²) in [5.74, 6) is 0.356. The molecule has 0 saturated heterocycles. The third-order valence-corrected chi connectivity index (χ3v) is 6.08. The average molecular weight is 436 g/mol. The summed E-state index contributed by atoms with van der Waals surface area (Å²) < 4.78 is 4.44. The number of nitrogens with zero attached hydrogens (tertiary/aromatic N) is 5. The van der Waals surface area contributed by atoms with Crippen molar-refractivity contribution in [3.8, 4) is 10.7 Å². The van der Waals surface area contributed by atoms with E-state index in [2.05, 4.69) is 15.4 Å². The van der Waals surface area contributed by atoms with E-state index in [4.69, 9.17) is 0 Å². The summed E-state index contributed by atoms with van der Waals surface area (Å²) in [4.78, 5) is 42.8. The molecule has 0 bridgehead atoms. The van der Waals surface area contributed by atoms with Gasteiger partial charge >= 0.3 is 5.69 Å². The van der Waals surface area contributed by atoms with Crippen LogP contribution in [0.4, 0.5) is 0 Å². The van der Waals surface area contributed by atoms with Crippen LogP contribution < -0.4 is 16.6 Å². The Morgan fingerprint density at radius 3 is 2.77 bits per heavy atom. The van der Waals surface area contributed by atoms with Gasteiger partial charge in [0.25, 0.3) is 5.56 Å². The zero-order chi connectivity index (χ0) is 21.4. The smallest absolute Gasteiger partial charge is 0.346 e. The fourth-order valence-electron chi connectivity index (χ4n) is 3.53. The molecule has 1 aliphatic carbocycles. The molecule has 31 heavy (non-hydrogen) atoms. The van der Waals surface area contributed by atoms with Crippen LogP contribution in [0, 0.1) is 0 Å². The van der Waals surface area contributed by atoms with Gasteiger partial charge in [0, 0.05) is 12.6 Å². The van der Waals surface area contributed by atoms with E-state index in [0.717, 1.165) is 17.7 Å². The molecule has 1 aromatic carbocycles. The molecule has 9 nitrogen and oxygen atoms in total. The van der Waals surface area contributed by atoms with Gasteiger partial charge in [-0.2, -0.15) is 0 Å². The Labute approximate surface area is 180 Å². The molecule has 1 aliphatic rings. The molecule has 0 aliphatic heterocycles. The first kappa shape index (κ1) is 19.4. The van der Waals surface area contributed by atoms with Crippen LogP contribution in [0.1, 0.15) is 18.9 Å². The quantitative estimate of drug-likeness (QED) is 0.474. The lowest BCUT2D eigenvalue weighted by molar-refractivity contribution is -0.121. The maximum Gasteiger partial charge on any atom is 0.346 e. The normalized spacial score (nSPS) is 13.5. The van der Waals surface area contributed by atoms with E-state index in [1.165, 1.54) is 15.6 Å². The molecule has 3 aromatic heterocycles. The van der Waals surface area contributed by atoms with Crippen LogP contribution in [-0.4, -0.2) is 36.4 Å². The Hall–Kier alpha value is -3.53. The molecule has 1 saturated carbocycles. The van der Waals surface area contributed by atoms with E-state index >= 15 is 0 Å². The number of fused-ring (bicyclic) bond motifs is 1. The maximum absolute atomic E-state index is 12.8. The summed E-state index contributed by atoms with van der Waals surface area (Å²) in [7, 11) is 0. The molecule has 0 radical (unpaired) electrons. The van der Waals surface area contributed by atoms with Gasteiger partial charge in [-0.05, 0) is 36.4 Å². The number of rotatable bonds is 7. The van der Waals surface area contributed by atoms with Crippen LogP contribution >= 0.6 is 11.3 Å². The fraction of sp³-hybridized carbons (Fsp3) is 0.286. The first-order valence-electron chi connectivity index (χ1n) is 10.1. The summed E-state index contributed by atoms with van der Waals surface area (Å²) in [5.41, 5.74) is 0.173. The topological polar surface area (TPSA) is 104 Å². The number of para-hydroxylation sites is 1. The van der Waals surface area contributed by atoms with Gasteiger partial charge in [-0.25, -0.2) is 14.5 Å². The molecule has 1 N–H and O–H groups in total. The zero-order valence-electron chi connectivity index (χ0n) is 16.6. The van der Waals surface area contributed by atoms with Crippen molar-refractivity contribution in [3.05, 3.63) is 68.9 Å². The number of benzene rings is 1. The summed E-state index contributed by atoms with van der Waals surface area (Å²) >= 11 is 1.55. The Bertz CT molecular complexity index is 1360. The van der Waals surface area contributed by atoms with Crippen molar-refractivity contribution >= 4 is 28.1 Å². The monoisotopic (exact) mass is 436 g/mol. The lowest BCUT2D eigenvalue weighted by atomic mass is 10.2. The molecular weight excluding hydrogens is 416 g/mol. The predicted octanol–water partition coefficient (Wildman–Crippen LogP) is 1.63. The molecule has 5 rings (SSSR count). The van der Waals surface area contributed by atoms with E-state index in [-0.39, 0.29) is 42.8 Å². The van der Waals surface area contributed by atoms with Gasteiger partial charge in [0.2, 0.25) is 5.91 Å². The van der Waals surface area contributed by atoms with Crippen molar-refractivity contribution in [1.82, 2.24) is 29.2 Å². The van der Waals surface area contributed by atoms with Gasteiger partial charge in [-0.1, -0.05) is 18.2 Å². The molecule has 10 heteroatoms. The number of amides is 1. The van der Waals surface area contributed by atoms with Crippen LogP contribution in [0.5, 0.6) is 0 Å². The first-order chi connectivity index (χ1) is 15.1. The Morgan fingerprint density at radius 1 is 1.16 bits per heavy atom. The second-order valence-corrected chi connectivity index (χ2v) is 8.40. The largest absolute Gasteiger partial charge is 0.353 e. The van der Waals surface area contributed by atoms with Gasteiger partial charge in [-0.3, -0.25) is 18.7 Å². The molecule has 0 unspecified atom stereocenters. The molecule has 0 spiro atoms. The van der Waals surface area contributed by atoms with Crippen molar-refractivity contribution in [2.24, 2.45) is 0 Å². The number of hydrogen-bond acceptors (Lipinski definition) is 6. The van der Waals surface area contributed by atoms with Crippen LogP contribution in [0.15, 0.2) is 57.7 Å². The van der Waals surface area contributed by atoms with Gasteiger partial charge < -0.3 is 5.32 Å². The number of carbonyl (C=O) groups excluding carboxylic acids is 1. The number of carbonyl (C=O) groups is 1. The molecule has 1 amide bonds. The maximum atomic E-state index is 12.8. The lowest BCUT2D eigenvalue weighted by Crippen LogP contribution is -2.36. The zero-order valence-corrected chi connectivity index (χ0v) is 17.4. The Morgan fingerprint density at radius 2 is 2.00 bits per heavy atom. The second kappa shape index (κ2) is 7.95. The van der Waals surface area contributed by atoms with Gasteiger partial charge in [0.15, 0.2) is 5.82 Å². The van der Waals surface area contributed by atoms with E-state index < -0.39 is 0 Å². The van der Waals surface area contributed by atoms with Crippen molar-refractivity contribution in [2.75, 3.05) is 6.54 Å². The molecule has 4 aromatic rings. The lowest BCUT2D eigenvalue weighted by Gasteiger charge is -2.07. The highest BCUT2D eigenvalue weighted by Gasteiger charge is 2.30. The molecule has 1 fully saturated rings. The van der Waals surface area contributed by atoms with Crippen molar-refractivity contribution < 1.29 is 4.79 Å². The second-order valence-electron chi connectivity index (χ2n) is 7.45. The number of aromatic nitrogens is 5. The minimum atomic E-state index is -0.327. The van der Waals surface area contributed by atoms with E-state index in [9.17, 15) is 14.4 Å². The highest BCUT2D eigenvalue weighted by Crippen LogP contribution is 2.37. The van der Waals surface area contributed by atoms with E-state index in [1.54, 1.807) is 34.1 Å². The predicted molar refractivity (Wildman–Crippen MR) is 117 cm³/mol. The number of nitrogens with one attached hydrogen (secondary N) is 1. The molecular formula is C21H20N6O3S. The van der Waals surface area contributed by atoms with Gasteiger partial charge in [0.05, 0.1) is 28.7 Å². The third-order valence-electron chi connectivity index (χ3n) is 5.22. The standard InChI is InChI=1S/C21H20N6O3S/c28-18(12-25-13-23-16-5-2-1-4-15(16)20(25)29)22-9-10-26-21(30)27(14-7-8-14)19(24-26)17-6-3-11-31-17/h1-6,11,13-14H,7-10,12H2,(H,22,28). The summed E-state index contributed by atoms with van der Waals surface area (Å²) in [5, 5.41) is 9.69. The number of hydrogen-bond donors (Lipinski definition) is 1. The minimum absolute atomic E-state index is 0.136. The van der Waals surface area contributed by atoms with Crippen molar-refractivity contribution in [2.45, 2.75) is 32.0 Å². The summed E-state index contributed by atoms with van der Waals surface area (Å²) in [6, 6.07) is 11.1. The van der Waals surface area contributed by atoms with Crippen molar-refractivity contribution in [3.63, 3.8) is 0 Å². The van der Waals surface area contributed by atoms with Crippen LogP contribution in [-0.2, 0) is 17.9 Å². The number of thiophene rings is 1. The summed E-state index contributed by atoms with van der Waals surface area (Å²) in [6.07, 6.45) is 3.34. The molecule has 0 atom stereocenters. The fourth-order valence-corrected chi connectivity index (χ4v) is 4.24. The van der Waals surface area contributed by atoms with Crippen molar-refractivity contribution in [1.29, 1.82) is 0 Å². The average Bonchev–Trinajstić information content (AvgIpc) is 3.35. The minimum Gasteiger partial charge on any atom is -0.353 e. The Balaban J connectivity index is 1.26. The van der Waals surface area contributed by atoms with E-state index in [1.807, 2.05) is 23.6 Å². The molecule has 3 heterocycles. The first-order valence-corrected chi connectivity index (χ1v) is 10.9. The van der Waals surface area contributed by atoms with Crippen LogP contribution in [0.3, 0.4) is 0 Å². The summed E-state index contributed by atoms with van der Waals surface area (Å²) in [6.45, 7) is 0.357. The Kier molecular flexibility index (Phi) is 4.99. The van der Waals surface area contributed by atoms with E-state index in [0.29, 0.717) is 16.7 Å². The SMILES string of the molecule is O=C(Cn1cnc2ccccc2c1=O)NCCn1nc(-c2cccs2)n(C2CC2)c1=O. The van der Waals surface area contributed by atoms with Gasteiger partial charge in [0.1, 0.15) is 6.54 Å². The molecule has 158 valence electrons. The highest BCUT2D eigenvalue weighted by molar-refractivity contribution is 7.13. The van der Waals surface area contributed by atoms with Crippen LogP contribution in [0.2, 0.25) is 0 Å².